The first kappa shape index (κ1) is 14.6. The third-order valence-electron chi connectivity index (χ3n) is 4.01. The molecule has 1 aliphatic heterocycles. The number of aliphatic hydroxyl groups excluding tert-OH is 1. The predicted molar refractivity (Wildman–Crippen MR) is 81.0 cm³/mol. The van der Waals surface area contributed by atoms with Crippen molar-refractivity contribution in [3.8, 4) is 11.3 Å². The first-order valence-corrected chi connectivity index (χ1v) is 7.38. The molecule has 0 aliphatic carbocycles. The number of urea groups is 1. The van der Waals surface area contributed by atoms with Crippen LogP contribution in [-0.4, -0.2) is 39.9 Å². The SMILES string of the molecule is C[C@@H]1[C@H](O)CCN1C(=O)NCc1cc(-c2ccccc2)on1. The van der Waals surface area contributed by atoms with Gasteiger partial charge in [-0.05, 0) is 13.3 Å². The van der Waals surface area contributed by atoms with Gasteiger partial charge in [-0.3, -0.25) is 0 Å². The molecule has 0 spiro atoms. The molecule has 22 heavy (non-hydrogen) atoms. The molecule has 6 heteroatoms. The number of carbonyl (C=O) groups excluding carboxylic acids is 1. The number of amides is 2. The summed E-state index contributed by atoms with van der Waals surface area (Å²) >= 11 is 0. The summed E-state index contributed by atoms with van der Waals surface area (Å²) in [5.41, 5.74) is 1.61. The van der Waals surface area contributed by atoms with E-state index >= 15 is 0 Å². The smallest absolute Gasteiger partial charge is 0.318 e. The summed E-state index contributed by atoms with van der Waals surface area (Å²) in [6.07, 6.45) is 0.180. The van der Waals surface area contributed by atoms with Crippen molar-refractivity contribution >= 4 is 6.03 Å². The van der Waals surface area contributed by atoms with Gasteiger partial charge in [-0.15, -0.1) is 0 Å². The van der Waals surface area contributed by atoms with Crippen LogP contribution < -0.4 is 5.32 Å². The molecule has 2 aromatic rings. The molecule has 1 fully saturated rings. The number of aliphatic hydroxyl groups is 1. The maximum Gasteiger partial charge on any atom is 0.318 e. The van der Waals surface area contributed by atoms with Gasteiger partial charge in [0.15, 0.2) is 5.76 Å². The van der Waals surface area contributed by atoms with Gasteiger partial charge in [0.1, 0.15) is 5.69 Å². The Hall–Kier alpha value is -2.34. The zero-order valence-electron chi connectivity index (χ0n) is 12.4. The molecule has 0 saturated carbocycles. The molecule has 3 rings (SSSR count). The van der Waals surface area contributed by atoms with Crippen molar-refractivity contribution in [3.05, 3.63) is 42.1 Å². The Bertz CT molecular complexity index is 641. The largest absolute Gasteiger partial charge is 0.391 e. The second-order valence-electron chi connectivity index (χ2n) is 5.50. The van der Waals surface area contributed by atoms with E-state index in [4.69, 9.17) is 4.52 Å². The number of nitrogens with zero attached hydrogens (tertiary/aromatic N) is 2. The Kier molecular flexibility index (Phi) is 4.11. The van der Waals surface area contributed by atoms with Crippen molar-refractivity contribution in [1.29, 1.82) is 0 Å². The number of hydrogen-bond acceptors (Lipinski definition) is 4. The van der Waals surface area contributed by atoms with Crippen LogP contribution in [0.2, 0.25) is 0 Å². The van der Waals surface area contributed by atoms with Crippen LogP contribution in [0.25, 0.3) is 11.3 Å². The van der Waals surface area contributed by atoms with Crippen molar-refractivity contribution in [2.24, 2.45) is 0 Å². The van der Waals surface area contributed by atoms with Gasteiger partial charge in [-0.1, -0.05) is 35.5 Å². The molecular weight excluding hydrogens is 282 g/mol. The predicted octanol–water partition coefficient (Wildman–Crippen LogP) is 2.01. The average Bonchev–Trinajstić information content (AvgIpc) is 3.14. The number of aromatic nitrogens is 1. The molecule has 1 aromatic carbocycles. The molecule has 0 bridgehead atoms. The highest BCUT2D eigenvalue weighted by Crippen LogP contribution is 2.20. The molecule has 2 amide bonds. The minimum absolute atomic E-state index is 0.155. The Balaban J connectivity index is 1.58. The van der Waals surface area contributed by atoms with Crippen molar-refractivity contribution in [2.75, 3.05) is 6.54 Å². The lowest BCUT2D eigenvalue weighted by atomic mass is 10.2. The van der Waals surface area contributed by atoms with Crippen LogP contribution in [-0.2, 0) is 6.54 Å². The van der Waals surface area contributed by atoms with Crippen LogP contribution in [0.4, 0.5) is 4.79 Å². The molecule has 116 valence electrons. The first-order valence-electron chi connectivity index (χ1n) is 7.38. The van der Waals surface area contributed by atoms with Crippen molar-refractivity contribution < 1.29 is 14.4 Å². The summed E-state index contributed by atoms with van der Waals surface area (Å²) in [7, 11) is 0. The molecule has 1 aliphatic rings. The summed E-state index contributed by atoms with van der Waals surface area (Å²) < 4.78 is 5.29. The Morgan fingerprint density at radius 1 is 1.45 bits per heavy atom. The quantitative estimate of drug-likeness (QED) is 0.909. The fourth-order valence-corrected chi connectivity index (χ4v) is 2.61. The third-order valence-corrected chi connectivity index (χ3v) is 4.01. The van der Waals surface area contributed by atoms with Gasteiger partial charge in [0.2, 0.25) is 0 Å². The first-order chi connectivity index (χ1) is 10.6. The molecule has 6 nitrogen and oxygen atoms in total. The normalized spacial score (nSPS) is 21.1. The number of benzene rings is 1. The number of likely N-dealkylation sites (tertiary alicyclic amines) is 1. The van der Waals surface area contributed by atoms with Crippen molar-refractivity contribution in [1.82, 2.24) is 15.4 Å². The number of hydrogen-bond donors (Lipinski definition) is 2. The summed E-state index contributed by atoms with van der Waals surface area (Å²) in [5.74, 6) is 0.676. The van der Waals surface area contributed by atoms with E-state index in [2.05, 4.69) is 10.5 Å². The highest BCUT2D eigenvalue weighted by atomic mass is 16.5. The number of carbonyl (C=O) groups is 1. The van der Waals surface area contributed by atoms with E-state index in [9.17, 15) is 9.90 Å². The number of rotatable bonds is 3. The molecule has 0 unspecified atom stereocenters. The highest BCUT2D eigenvalue weighted by Gasteiger charge is 2.32. The Labute approximate surface area is 128 Å². The maximum atomic E-state index is 12.1. The van der Waals surface area contributed by atoms with Gasteiger partial charge in [-0.25, -0.2) is 4.79 Å². The van der Waals surface area contributed by atoms with Gasteiger partial charge >= 0.3 is 6.03 Å². The highest BCUT2D eigenvalue weighted by molar-refractivity contribution is 5.75. The van der Waals surface area contributed by atoms with E-state index < -0.39 is 6.10 Å². The van der Waals surface area contributed by atoms with Gasteiger partial charge < -0.3 is 19.8 Å². The van der Waals surface area contributed by atoms with E-state index in [0.29, 0.717) is 31.0 Å². The minimum Gasteiger partial charge on any atom is -0.391 e. The van der Waals surface area contributed by atoms with Crippen LogP contribution in [0.5, 0.6) is 0 Å². The van der Waals surface area contributed by atoms with Gasteiger partial charge in [-0.2, -0.15) is 0 Å². The minimum atomic E-state index is -0.442. The van der Waals surface area contributed by atoms with Crippen molar-refractivity contribution in [2.45, 2.75) is 32.0 Å². The van der Waals surface area contributed by atoms with Crippen LogP contribution in [0.1, 0.15) is 19.0 Å². The van der Waals surface area contributed by atoms with Crippen LogP contribution in [0.15, 0.2) is 40.9 Å². The topological polar surface area (TPSA) is 78.6 Å². The molecular formula is C16H19N3O3. The standard InChI is InChI=1S/C16H19N3O3/c1-11-14(20)7-8-19(11)16(21)17-10-13-9-15(22-18-13)12-5-3-2-4-6-12/h2-6,9,11,14,20H,7-8,10H2,1H3,(H,17,21)/t11-,14-/m1/s1. The van der Waals surface area contributed by atoms with E-state index in [0.717, 1.165) is 5.56 Å². The Morgan fingerprint density at radius 2 is 2.23 bits per heavy atom. The molecule has 1 aromatic heterocycles. The fraction of sp³-hybridized carbons (Fsp3) is 0.375. The van der Waals surface area contributed by atoms with E-state index in [1.54, 1.807) is 4.90 Å². The zero-order valence-corrected chi connectivity index (χ0v) is 12.4. The second kappa shape index (κ2) is 6.19. The van der Waals surface area contributed by atoms with Crippen LogP contribution in [0, 0.1) is 0 Å². The second-order valence-corrected chi connectivity index (χ2v) is 5.50. The monoisotopic (exact) mass is 301 g/mol. The molecule has 0 radical (unpaired) electrons. The molecule has 2 heterocycles. The summed E-state index contributed by atoms with van der Waals surface area (Å²) in [4.78, 5) is 13.7. The van der Waals surface area contributed by atoms with Gasteiger partial charge in [0.05, 0.1) is 18.7 Å². The van der Waals surface area contributed by atoms with E-state index in [1.807, 2.05) is 43.3 Å². The average molecular weight is 301 g/mol. The third kappa shape index (κ3) is 2.96. The maximum absolute atomic E-state index is 12.1. The van der Waals surface area contributed by atoms with E-state index in [1.165, 1.54) is 0 Å². The summed E-state index contributed by atoms with van der Waals surface area (Å²) in [5, 5.41) is 16.5. The summed E-state index contributed by atoms with van der Waals surface area (Å²) in [6, 6.07) is 11.2. The molecule has 2 N–H and O–H groups in total. The van der Waals surface area contributed by atoms with Gasteiger partial charge in [0, 0.05) is 18.2 Å². The van der Waals surface area contributed by atoms with Crippen LogP contribution in [0.3, 0.4) is 0 Å². The molecule has 1 saturated heterocycles. The number of nitrogens with one attached hydrogen (secondary N) is 1. The van der Waals surface area contributed by atoms with Crippen molar-refractivity contribution in [3.63, 3.8) is 0 Å². The fourth-order valence-electron chi connectivity index (χ4n) is 2.61. The van der Waals surface area contributed by atoms with Crippen LogP contribution >= 0.6 is 0 Å². The Morgan fingerprint density at radius 3 is 2.91 bits per heavy atom. The van der Waals surface area contributed by atoms with E-state index in [-0.39, 0.29) is 12.1 Å². The lowest BCUT2D eigenvalue weighted by Gasteiger charge is -2.22. The molecule has 2 atom stereocenters. The zero-order chi connectivity index (χ0) is 15.5. The lowest BCUT2D eigenvalue weighted by molar-refractivity contribution is 0.131. The van der Waals surface area contributed by atoms with Gasteiger partial charge in [0.25, 0.3) is 0 Å². The summed E-state index contributed by atoms with van der Waals surface area (Å²) in [6.45, 7) is 2.72. The lowest BCUT2D eigenvalue weighted by Crippen LogP contribution is -2.43.